The van der Waals surface area contributed by atoms with E-state index in [9.17, 15) is 14.4 Å². The molecule has 7 nitrogen and oxygen atoms in total. The third kappa shape index (κ3) is 3.29. The lowest BCUT2D eigenvalue weighted by molar-refractivity contribution is -0.137. The second kappa shape index (κ2) is 5.66. The fraction of sp³-hybridized carbons (Fsp3) is 0.167. The van der Waals surface area contributed by atoms with Crippen LogP contribution in [0.2, 0.25) is 0 Å². The molecular formula is C12H11N3O4S. The number of amides is 1. The van der Waals surface area contributed by atoms with Gasteiger partial charge in [-0.05, 0) is 19.1 Å². The van der Waals surface area contributed by atoms with E-state index in [4.69, 9.17) is 5.11 Å². The van der Waals surface area contributed by atoms with Crippen molar-refractivity contribution in [3.05, 3.63) is 34.3 Å². The van der Waals surface area contributed by atoms with Crippen molar-refractivity contribution in [2.75, 3.05) is 5.32 Å². The Bertz CT molecular complexity index is 674. The number of carbonyl (C=O) groups is 3. The minimum atomic E-state index is -1.02. The predicted molar refractivity (Wildman–Crippen MR) is 72.1 cm³/mol. The first-order chi connectivity index (χ1) is 9.45. The number of nitrogens with zero attached hydrogens (tertiary/aromatic N) is 2. The Balaban J connectivity index is 2.05. The van der Waals surface area contributed by atoms with Crippen LogP contribution in [0.25, 0.3) is 0 Å². The van der Waals surface area contributed by atoms with E-state index in [0.717, 1.165) is 11.3 Å². The van der Waals surface area contributed by atoms with Gasteiger partial charge in [-0.2, -0.15) is 5.10 Å². The number of rotatable bonds is 5. The van der Waals surface area contributed by atoms with E-state index in [0.29, 0.717) is 15.4 Å². The molecule has 0 aliphatic heterocycles. The second-order valence-electron chi connectivity index (χ2n) is 3.99. The van der Waals surface area contributed by atoms with Crippen molar-refractivity contribution in [3.63, 3.8) is 0 Å². The van der Waals surface area contributed by atoms with Gasteiger partial charge in [0.1, 0.15) is 6.54 Å². The number of Topliss-reactive ketones (excluding diaryl/α,β-unsaturated/α-hetero) is 1. The van der Waals surface area contributed by atoms with Crippen LogP contribution in [0.3, 0.4) is 0 Å². The Morgan fingerprint density at radius 2 is 2.05 bits per heavy atom. The molecular weight excluding hydrogens is 282 g/mol. The van der Waals surface area contributed by atoms with Crippen LogP contribution in [-0.2, 0) is 11.3 Å². The van der Waals surface area contributed by atoms with Crippen molar-refractivity contribution in [2.45, 2.75) is 13.5 Å². The van der Waals surface area contributed by atoms with Crippen LogP contribution in [0.15, 0.2) is 24.5 Å². The Morgan fingerprint density at radius 1 is 1.35 bits per heavy atom. The van der Waals surface area contributed by atoms with Gasteiger partial charge in [0, 0.05) is 6.20 Å². The summed E-state index contributed by atoms with van der Waals surface area (Å²) >= 11 is 1.10. The highest BCUT2D eigenvalue weighted by molar-refractivity contribution is 7.16. The maximum atomic E-state index is 11.9. The number of hydrogen-bond donors (Lipinski definition) is 2. The molecule has 2 rings (SSSR count). The van der Waals surface area contributed by atoms with Crippen molar-refractivity contribution in [1.29, 1.82) is 0 Å². The zero-order valence-electron chi connectivity index (χ0n) is 10.5. The van der Waals surface area contributed by atoms with Crippen molar-refractivity contribution in [2.24, 2.45) is 0 Å². The normalized spacial score (nSPS) is 10.2. The lowest BCUT2D eigenvalue weighted by atomic mass is 10.3. The highest BCUT2D eigenvalue weighted by atomic mass is 32.1. The summed E-state index contributed by atoms with van der Waals surface area (Å²) in [7, 11) is 0. The van der Waals surface area contributed by atoms with Gasteiger partial charge in [-0.1, -0.05) is 0 Å². The number of nitrogens with one attached hydrogen (secondary N) is 1. The van der Waals surface area contributed by atoms with Gasteiger partial charge in [0.25, 0.3) is 5.91 Å². The number of anilines is 1. The lowest BCUT2D eigenvalue weighted by Gasteiger charge is -1.98. The quantitative estimate of drug-likeness (QED) is 0.813. The molecule has 0 fully saturated rings. The molecule has 2 heterocycles. The zero-order chi connectivity index (χ0) is 14.7. The van der Waals surface area contributed by atoms with Gasteiger partial charge in [-0.3, -0.25) is 19.1 Å². The first-order valence-electron chi connectivity index (χ1n) is 5.62. The molecule has 0 aliphatic carbocycles. The van der Waals surface area contributed by atoms with Crippen molar-refractivity contribution in [3.8, 4) is 0 Å². The van der Waals surface area contributed by atoms with Crippen molar-refractivity contribution < 1.29 is 19.5 Å². The van der Waals surface area contributed by atoms with Gasteiger partial charge < -0.3 is 10.4 Å². The molecule has 1 amide bonds. The number of carboxylic acid groups (broad SMARTS) is 1. The van der Waals surface area contributed by atoms with Gasteiger partial charge in [-0.25, -0.2) is 0 Å². The average molecular weight is 293 g/mol. The van der Waals surface area contributed by atoms with Crippen LogP contribution >= 0.6 is 11.3 Å². The molecule has 0 radical (unpaired) electrons. The van der Waals surface area contributed by atoms with Crippen LogP contribution in [-0.4, -0.2) is 32.5 Å². The van der Waals surface area contributed by atoms with E-state index >= 15 is 0 Å². The molecule has 8 heteroatoms. The third-order valence-electron chi connectivity index (χ3n) is 2.37. The molecule has 104 valence electrons. The Morgan fingerprint density at radius 3 is 2.65 bits per heavy atom. The predicted octanol–water partition coefficient (Wildman–Crippen LogP) is 1.48. The van der Waals surface area contributed by atoms with E-state index in [2.05, 4.69) is 10.4 Å². The fourth-order valence-electron chi connectivity index (χ4n) is 1.50. The molecule has 0 saturated heterocycles. The number of aromatic nitrogens is 2. The second-order valence-corrected chi connectivity index (χ2v) is 5.08. The van der Waals surface area contributed by atoms with Gasteiger partial charge in [-0.15, -0.1) is 11.3 Å². The molecule has 0 bridgehead atoms. The summed E-state index contributed by atoms with van der Waals surface area (Å²) in [5.41, 5.74) is 0.397. The molecule has 0 atom stereocenters. The largest absolute Gasteiger partial charge is 0.480 e. The summed E-state index contributed by atoms with van der Waals surface area (Å²) < 4.78 is 1.20. The number of aliphatic carboxylic acids is 1. The van der Waals surface area contributed by atoms with E-state index < -0.39 is 5.97 Å². The van der Waals surface area contributed by atoms with Crippen LogP contribution < -0.4 is 5.32 Å². The molecule has 2 aromatic rings. The number of carbonyl (C=O) groups excluding carboxylic acids is 2. The topological polar surface area (TPSA) is 101 Å². The summed E-state index contributed by atoms with van der Waals surface area (Å²) in [4.78, 5) is 34.5. The molecule has 0 saturated carbocycles. The Hall–Kier alpha value is -2.48. The third-order valence-corrected chi connectivity index (χ3v) is 3.55. The maximum Gasteiger partial charge on any atom is 0.325 e. The number of thiophene rings is 1. The van der Waals surface area contributed by atoms with Gasteiger partial charge >= 0.3 is 5.97 Å². The fourth-order valence-corrected chi connectivity index (χ4v) is 2.29. The Labute approximate surface area is 117 Å². The Kier molecular flexibility index (Phi) is 3.94. The molecule has 20 heavy (non-hydrogen) atoms. The minimum Gasteiger partial charge on any atom is -0.480 e. The average Bonchev–Trinajstić information content (AvgIpc) is 2.97. The molecule has 2 N–H and O–H groups in total. The van der Waals surface area contributed by atoms with Gasteiger partial charge in [0.15, 0.2) is 5.78 Å². The molecule has 0 aliphatic rings. The van der Waals surface area contributed by atoms with Crippen LogP contribution in [0.5, 0.6) is 0 Å². The highest BCUT2D eigenvalue weighted by Gasteiger charge is 2.12. The molecule has 0 aromatic carbocycles. The molecule has 0 spiro atoms. The zero-order valence-corrected chi connectivity index (χ0v) is 11.3. The van der Waals surface area contributed by atoms with Gasteiger partial charge in [0.05, 0.1) is 21.6 Å². The molecule has 2 aromatic heterocycles. The summed E-state index contributed by atoms with van der Waals surface area (Å²) in [6.07, 6.45) is 2.78. The number of ketones is 1. The number of carboxylic acids is 1. The summed E-state index contributed by atoms with van der Waals surface area (Å²) in [6, 6.07) is 3.16. The van der Waals surface area contributed by atoms with E-state index in [1.165, 1.54) is 24.0 Å². The maximum absolute atomic E-state index is 11.9. The SMILES string of the molecule is CC(=O)c1ccc(C(=O)Nc2cnn(CC(=O)O)c2)s1. The van der Waals surface area contributed by atoms with E-state index in [-0.39, 0.29) is 18.2 Å². The lowest BCUT2D eigenvalue weighted by Crippen LogP contribution is -2.10. The van der Waals surface area contributed by atoms with Crippen molar-refractivity contribution in [1.82, 2.24) is 9.78 Å². The first-order valence-corrected chi connectivity index (χ1v) is 6.43. The van der Waals surface area contributed by atoms with Crippen molar-refractivity contribution >= 4 is 34.7 Å². The number of hydrogen-bond acceptors (Lipinski definition) is 5. The summed E-state index contributed by atoms with van der Waals surface area (Å²) in [5, 5.41) is 15.0. The highest BCUT2D eigenvalue weighted by Crippen LogP contribution is 2.18. The monoisotopic (exact) mass is 293 g/mol. The van der Waals surface area contributed by atoms with Crippen LogP contribution in [0.1, 0.15) is 26.3 Å². The smallest absolute Gasteiger partial charge is 0.325 e. The van der Waals surface area contributed by atoms with E-state index in [1.807, 2.05) is 0 Å². The van der Waals surface area contributed by atoms with Crippen LogP contribution in [0.4, 0.5) is 5.69 Å². The summed E-state index contributed by atoms with van der Waals surface area (Å²) in [6.45, 7) is 1.16. The standard InChI is InChI=1S/C12H11N3O4S/c1-7(16)9-2-3-10(20-9)12(19)14-8-4-13-15(5-8)6-11(17)18/h2-5H,6H2,1H3,(H,14,19)(H,17,18). The van der Waals surface area contributed by atoms with Crippen LogP contribution in [0, 0.1) is 0 Å². The molecule has 0 unspecified atom stereocenters. The first kappa shape index (κ1) is 13.9. The minimum absolute atomic E-state index is 0.0941. The summed E-state index contributed by atoms with van der Waals surface area (Å²) in [5.74, 6) is -1.48. The van der Waals surface area contributed by atoms with E-state index in [1.54, 1.807) is 12.1 Å². The van der Waals surface area contributed by atoms with Gasteiger partial charge in [0.2, 0.25) is 0 Å².